The average Bonchev–Trinajstić information content (AvgIpc) is 2.28. The molecule has 0 unspecified atom stereocenters. The fourth-order valence-electron chi connectivity index (χ4n) is 1.41. The van der Waals surface area contributed by atoms with Crippen molar-refractivity contribution in [3.8, 4) is 0 Å². The third-order valence-corrected chi connectivity index (χ3v) is 2.16. The quantitative estimate of drug-likeness (QED) is 0.600. The molecule has 0 atom stereocenters. The van der Waals surface area contributed by atoms with Crippen molar-refractivity contribution in [3.63, 3.8) is 0 Å². The van der Waals surface area contributed by atoms with E-state index in [2.05, 4.69) is 15.6 Å². The second-order valence-corrected chi connectivity index (χ2v) is 3.41. The highest BCUT2D eigenvalue weighted by atomic mass is 19.1. The van der Waals surface area contributed by atoms with Crippen molar-refractivity contribution in [1.82, 2.24) is 10.6 Å². The Morgan fingerprint density at radius 3 is 2.81 bits per heavy atom. The molecule has 0 heterocycles. The lowest BCUT2D eigenvalue weighted by atomic mass is 10.1. The predicted molar refractivity (Wildman–Crippen MR) is 65.1 cm³/mol. The van der Waals surface area contributed by atoms with E-state index in [1.807, 2.05) is 13.0 Å². The van der Waals surface area contributed by atoms with Crippen molar-refractivity contribution in [2.24, 2.45) is 4.99 Å². The van der Waals surface area contributed by atoms with Crippen LogP contribution < -0.4 is 10.6 Å². The van der Waals surface area contributed by atoms with Crippen LogP contribution >= 0.6 is 0 Å². The van der Waals surface area contributed by atoms with E-state index in [4.69, 9.17) is 0 Å². The van der Waals surface area contributed by atoms with Crippen LogP contribution in [0.2, 0.25) is 0 Å². The average molecular weight is 223 g/mol. The molecule has 3 nitrogen and oxygen atoms in total. The molecule has 0 amide bonds. The molecule has 0 fully saturated rings. The molecule has 0 saturated carbocycles. The summed E-state index contributed by atoms with van der Waals surface area (Å²) in [6.07, 6.45) is 0.780. The van der Waals surface area contributed by atoms with Crippen LogP contribution in [0.15, 0.2) is 29.3 Å². The van der Waals surface area contributed by atoms with Gasteiger partial charge in [0.1, 0.15) is 5.82 Å². The minimum absolute atomic E-state index is 0.187. The Hall–Kier alpha value is -1.58. The van der Waals surface area contributed by atoms with Gasteiger partial charge in [0.25, 0.3) is 0 Å². The zero-order chi connectivity index (χ0) is 11.8. The summed E-state index contributed by atoms with van der Waals surface area (Å²) < 4.78 is 12.9. The maximum absolute atomic E-state index is 12.9. The summed E-state index contributed by atoms with van der Waals surface area (Å²) in [6, 6.07) is 6.65. The van der Waals surface area contributed by atoms with Crippen molar-refractivity contribution in [1.29, 1.82) is 0 Å². The first kappa shape index (κ1) is 12.5. The summed E-state index contributed by atoms with van der Waals surface area (Å²) in [6.45, 7) is 3.59. The van der Waals surface area contributed by atoms with E-state index < -0.39 is 0 Å². The summed E-state index contributed by atoms with van der Waals surface area (Å²) in [5.41, 5.74) is 0.986. The molecule has 1 rings (SSSR count). The Bertz CT molecular complexity index is 350. The van der Waals surface area contributed by atoms with Crippen molar-refractivity contribution in [2.45, 2.75) is 13.3 Å². The molecule has 0 bridgehead atoms. The van der Waals surface area contributed by atoms with Gasteiger partial charge in [-0.1, -0.05) is 12.1 Å². The zero-order valence-electron chi connectivity index (χ0n) is 9.76. The Morgan fingerprint density at radius 1 is 1.38 bits per heavy atom. The fourth-order valence-corrected chi connectivity index (χ4v) is 1.41. The van der Waals surface area contributed by atoms with Gasteiger partial charge in [-0.2, -0.15) is 0 Å². The maximum Gasteiger partial charge on any atom is 0.190 e. The molecule has 0 radical (unpaired) electrons. The van der Waals surface area contributed by atoms with Crippen LogP contribution in [0.1, 0.15) is 12.5 Å². The summed E-state index contributed by atoms with van der Waals surface area (Å²) >= 11 is 0. The van der Waals surface area contributed by atoms with Crippen LogP contribution in [0.3, 0.4) is 0 Å². The number of benzene rings is 1. The Morgan fingerprint density at radius 2 is 2.19 bits per heavy atom. The Labute approximate surface area is 95.8 Å². The van der Waals surface area contributed by atoms with E-state index >= 15 is 0 Å². The van der Waals surface area contributed by atoms with Gasteiger partial charge in [0.05, 0.1) is 0 Å². The van der Waals surface area contributed by atoms with E-state index in [0.29, 0.717) is 0 Å². The fraction of sp³-hybridized carbons (Fsp3) is 0.417. The van der Waals surface area contributed by atoms with Gasteiger partial charge in [-0.3, -0.25) is 4.99 Å². The first-order valence-electron chi connectivity index (χ1n) is 5.45. The molecule has 4 heteroatoms. The minimum Gasteiger partial charge on any atom is -0.357 e. The van der Waals surface area contributed by atoms with Crippen molar-refractivity contribution >= 4 is 5.96 Å². The highest BCUT2D eigenvalue weighted by Crippen LogP contribution is 2.03. The number of nitrogens with one attached hydrogen (secondary N) is 2. The molecule has 88 valence electrons. The standard InChI is InChI=1S/C12H18FN3/c1-3-15-12(14-2)16-8-7-10-5-4-6-11(13)9-10/h4-6,9H,3,7-8H2,1-2H3,(H2,14,15,16). The zero-order valence-corrected chi connectivity index (χ0v) is 9.76. The molecule has 1 aromatic carbocycles. The van der Waals surface area contributed by atoms with Crippen LogP contribution in [0.4, 0.5) is 4.39 Å². The van der Waals surface area contributed by atoms with Crippen LogP contribution in [0, 0.1) is 5.82 Å². The molecule has 16 heavy (non-hydrogen) atoms. The molecule has 2 N–H and O–H groups in total. The van der Waals surface area contributed by atoms with Crippen LogP contribution in [-0.4, -0.2) is 26.1 Å². The first-order chi connectivity index (χ1) is 7.76. The van der Waals surface area contributed by atoms with Gasteiger partial charge >= 0.3 is 0 Å². The topological polar surface area (TPSA) is 36.4 Å². The summed E-state index contributed by atoms with van der Waals surface area (Å²) in [5, 5.41) is 6.25. The smallest absolute Gasteiger partial charge is 0.190 e. The molecule has 0 aliphatic rings. The van der Waals surface area contributed by atoms with Gasteiger partial charge in [-0.25, -0.2) is 4.39 Å². The number of aliphatic imine (C=N–C) groups is 1. The number of rotatable bonds is 4. The van der Waals surface area contributed by atoms with E-state index in [9.17, 15) is 4.39 Å². The molecule has 0 saturated heterocycles. The third kappa shape index (κ3) is 4.29. The van der Waals surface area contributed by atoms with E-state index in [1.54, 1.807) is 19.2 Å². The van der Waals surface area contributed by atoms with Crippen molar-refractivity contribution in [2.75, 3.05) is 20.1 Å². The number of hydrogen-bond acceptors (Lipinski definition) is 1. The first-order valence-corrected chi connectivity index (χ1v) is 5.45. The molecule has 1 aromatic rings. The van der Waals surface area contributed by atoms with Crippen molar-refractivity contribution < 1.29 is 4.39 Å². The second-order valence-electron chi connectivity index (χ2n) is 3.41. The normalized spacial score (nSPS) is 11.3. The highest BCUT2D eigenvalue weighted by Gasteiger charge is 1.97. The van der Waals surface area contributed by atoms with Gasteiger partial charge in [0.2, 0.25) is 0 Å². The van der Waals surface area contributed by atoms with Gasteiger partial charge in [0, 0.05) is 20.1 Å². The third-order valence-electron chi connectivity index (χ3n) is 2.16. The molecule has 0 aliphatic heterocycles. The molecular formula is C12H18FN3. The van der Waals surface area contributed by atoms with E-state index in [1.165, 1.54) is 6.07 Å². The lowest BCUT2D eigenvalue weighted by molar-refractivity contribution is 0.625. The number of nitrogens with zero attached hydrogens (tertiary/aromatic N) is 1. The second kappa shape index (κ2) is 6.82. The molecule has 0 aliphatic carbocycles. The molecule has 0 aromatic heterocycles. The molecular weight excluding hydrogens is 205 g/mol. The van der Waals surface area contributed by atoms with Crippen molar-refractivity contribution in [3.05, 3.63) is 35.6 Å². The maximum atomic E-state index is 12.9. The predicted octanol–water partition coefficient (Wildman–Crippen LogP) is 1.55. The monoisotopic (exact) mass is 223 g/mol. The summed E-state index contributed by atoms with van der Waals surface area (Å²) in [4.78, 5) is 4.05. The summed E-state index contributed by atoms with van der Waals surface area (Å²) in [5.74, 6) is 0.590. The minimum atomic E-state index is -0.187. The number of hydrogen-bond donors (Lipinski definition) is 2. The van der Waals surface area contributed by atoms with Gasteiger partial charge in [-0.15, -0.1) is 0 Å². The van der Waals surface area contributed by atoms with Crippen LogP contribution in [0.25, 0.3) is 0 Å². The Balaban J connectivity index is 2.35. The number of guanidine groups is 1. The van der Waals surface area contributed by atoms with Crippen LogP contribution in [-0.2, 0) is 6.42 Å². The van der Waals surface area contributed by atoms with Gasteiger partial charge in [0.15, 0.2) is 5.96 Å². The van der Waals surface area contributed by atoms with E-state index in [-0.39, 0.29) is 5.82 Å². The lowest BCUT2D eigenvalue weighted by Gasteiger charge is -2.09. The molecule has 0 spiro atoms. The highest BCUT2D eigenvalue weighted by molar-refractivity contribution is 5.79. The lowest BCUT2D eigenvalue weighted by Crippen LogP contribution is -2.38. The van der Waals surface area contributed by atoms with Gasteiger partial charge in [-0.05, 0) is 31.0 Å². The van der Waals surface area contributed by atoms with Gasteiger partial charge < -0.3 is 10.6 Å². The van der Waals surface area contributed by atoms with Crippen LogP contribution in [0.5, 0.6) is 0 Å². The largest absolute Gasteiger partial charge is 0.357 e. The Kier molecular flexibility index (Phi) is 5.32. The van der Waals surface area contributed by atoms with E-state index in [0.717, 1.165) is 31.0 Å². The summed E-state index contributed by atoms with van der Waals surface area (Å²) in [7, 11) is 1.73. The SMILES string of the molecule is CCNC(=NC)NCCc1cccc(F)c1. The number of halogens is 1.